The number of rotatable bonds is 5. The van der Waals surface area contributed by atoms with Crippen molar-refractivity contribution < 1.29 is 4.42 Å². The highest BCUT2D eigenvalue weighted by Crippen LogP contribution is 2.34. The predicted molar refractivity (Wildman–Crippen MR) is 82.0 cm³/mol. The molecule has 1 aromatic rings. The lowest BCUT2D eigenvalue weighted by molar-refractivity contribution is 0.0676. The molecular weight excluding hydrogens is 304 g/mol. The van der Waals surface area contributed by atoms with Crippen LogP contribution in [0.15, 0.2) is 21.2 Å². The summed E-state index contributed by atoms with van der Waals surface area (Å²) in [6.45, 7) is 6.31. The number of nitrogens with two attached hydrogens (primary N) is 1. The average Bonchev–Trinajstić information content (AvgIpc) is 2.86. The van der Waals surface area contributed by atoms with Gasteiger partial charge in [0, 0.05) is 6.04 Å². The van der Waals surface area contributed by atoms with Gasteiger partial charge in [-0.3, -0.25) is 4.90 Å². The summed E-state index contributed by atoms with van der Waals surface area (Å²) >= 11 is 3.39. The maximum atomic E-state index is 5.97. The maximum absolute atomic E-state index is 5.97. The molecule has 3 nitrogen and oxygen atoms in total. The second-order valence-electron chi connectivity index (χ2n) is 5.50. The zero-order valence-electron chi connectivity index (χ0n) is 11.9. The first kappa shape index (κ1) is 15.1. The lowest BCUT2D eigenvalue weighted by atomic mass is 9.83. The van der Waals surface area contributed by atoms with Crippen molar-refractivity contribution in [1.82, 2.24) is 4.90 Å². The van der Waals surface area contributed by atoms with Crippen LogP contribution in [0.1, 0.15) is 51.3 Å². The summed E-state index contributed by atoms with van der Waals surface area (Å²) in [6.07, 6.45) is 5.19. The molecule has 3 atom stereocenters. The number of hydrogen-bond acceptors (Lipinski definition) is 3. The van der Waals surface area contributed by atoms with Crippen LogP contribution in [-0.4, -0.2) is 24.0 Å². The van der Waals surface area contributed by atoms with Crippen LogP contribution < -0.4 is 5.73 Å². The smallest absolute Gasteiger partial charge is 0.169 e. The van der Waals surface area contributed by atoms with Crippen LogP contribution in [0.2, 0.25) is 0 Å². The highest BCUT2D eigenvalue weighted by Gasteiger charge is 2.32. The largest absolute Gasteiger partial charge is 0.453 e. The van der Waals surface area contributed by atoms with Gasteiger partial charge in [-0.25, -0.2) is 0 Å². The van der Waals surface area contributed by atoms with Crippen LogP contribution in [0.4, 0.5) is 0 Å². The Morgan fingerprint density at radius 2 is 2.16 bits per heavy atom. The number of nitrogens with zero attached hydrogens (tertiary/aromatic N) is 1. The van der Waals surface area contributed by atoms with Gasteiger partial charge in [0.25, 0.3) is 0 Å². The van der Waals surface area contributed by atoms with Gasteiger partial charge in [-0.05, 0) is 66.8 Å². The molecule has 1 saturated carbocycles. The predicted octanol–water partition coefficient (Wildman–Crippen LogP) is 3.94. The number of halogens is 1. The lowest BCUT2D eigenvalue weighted by Crippen LogP contribution is -2.46. The van der Waals surface area contributed by atoms with Crippen molar-refractivity contribution in [2.75, 3.05) is 13.1 Å². The summed E-state index contributed by atoms with van der Waals surface area (Å²) in [6, 6.07) is 4.95. The van der Waals surface area contributed by atoms with Gasteiger partial charge >= 0.3 is 0 Å². The van der Waals surface area contributed by atoms with Crippen molar-refractivity contribution in [3.63, 3.8) is 0 Å². The van der Waals surface area contributed by atoms with Crippen LogP contribution in [0.25, 0.3) is 0 Å². The van der Waals surface area contributed by atoms with Crippen molar-refractivity contribution in [2.45, 2.75) is 51.6 Å². The monoisotopic (exact) mass is 328 g/mol. The van der Waals surface area contributed by atoms with Gasteiger partial charge < -0.3 is 10.2 Å². The van der Waals surface area contributed by atoms with E-state index in [1.54, 1.807) is 0 Å². The van der Waals surface area contributed by atoms with E-state index < -0.39 is 0 Å². The Morgan fingerprint density at radius 1 is 1.42 bits per heavy atom. The van der Waals surface area contributed by atoms with Crippen LogP contribution >= 0.6 is 15.9 Å². The Labute approximate surface area is 124 Å². The summed E-state index contributed by atoms with van der Waals surface area (Å²) in [7, 11) is 0. The highest BCUT2D eigenvalue weighted by atomic mass is 79.9. The highest BCUT2D eigenvalue weighted by molar-refractivity contribution is 9.10. The van der Waals surface area contributed by atoms with E-state index in [-0.39, 0.29) is 0 Å². The fraction of sp³-hybridized carbons (Fsp3) is 0.733. The SMILES string of the molecule is CCN(C(C)c1ccc(Br)o1)C1CCCCC1CN. The summed E-state index contributed by atoms with van der Waals surface area (Å²) in [4.78, 5) is 2.56. The molecule has 0 aromatic carbocycles. The van der Waals surface area contributed by atoms with Crippen molar-refractivity contribution in [2.24, 2.45) is 11.7 Å². The van der Waals surface area contributed by atoms with E-state index in [4.69, 9.17) is 10.2 Å². The maximum Gasteiger partial charge on any atom is 0.169 e. The van der Waals surface area contributed by atoms with Gasteiger partial charge in [-0.15, -0.1) is 0 Å². The van der Waals surface area contributed by atoms with E-state index in [2.05, 4.69) is 40.7 Å². The number of furan rings is 1. The molecule has 1 aliphatic carbocycles. The molecule has 0 aliphatic heterocycles. The third kappa shape index (κ3) is 3.41. The van der Waals surface area contributed by atoms with Crippen LogP contribution in [0, 0.1) is 5.92 Å². The van der Waals surface area contributed by atoms with E-state index in [0.717, 1.165) is 23.5 Å². The second-order valence-corrected chi connectivity index (χ2v) is 6.28. The third-order valence-electron chi connectivity index (χ3n) is 4.47. The topological polar surface area (TPSA) is 42.4 Å². The Morgan fingerprint density at radius 3 is 2.74 bits per heavy atom. The van der Waals surface area contributed by atoms with Gasteiger partial charge in [-0.1, -0.05) is 19.8 Å². The molecule has 0 spiro atoms. The van der Waals surface area contributed by atoms with Crippen LogP contribution in [0.3, 0.4) is 0 Å². The first-order valence-electron chi connectivity index (χ1n) is 7.38. The first-order chi connectivity index (χ1) is 9.17. The van der Waals surface area contributed by atoms with Gasteiger partial charge in [0.2, 0.25) is 0 Å². The Bertz CT molecular complexity index is 393. The molecule has 1 heterocycles. The van der Waals surface area contributed by atoms with Crippen LogP contribution in [-0.2, 0) is 0 Å². The van der Waals surface area contributed by atoms with Crippen molar-refractivity contribution in [3.05, 3.63) is 22.6 Å². The van der Waals surface area contributed by atoms with Gasteiger partial charge in [0.15, 0.2) is 4.67 Å². The van der Waals surface area contributed by atoms with E-state index in [9.17, 15) is 0 Å². The Kier molecular flexibility index (Phi) is 5.48. The molecule has 1 aromatic heterocycles. The fourth-order valence-corrected chi connectivity index (χ4v) is 3.73. The van der Waals surface area contributed by atoms with Crippen molar-refractivity contribution >= 4 is 15.9 Å². The summed E-state index contributed by atoms with van der Waals surface area (Å²) < 4.78 is 6.54. The summed E-state index contributed by atoms with van der Waals surface area (Å²) in [5.74, 6) is 1.67. The van der Waals surface area contributed by atoms with E-state index in [0.29, 0.717) is 18.0 Å². The molecule has 2 rings (SSSR count). The Hall–Kier alpha value is -0.320. The molecular formula is C15H25BrN2O. The van der Waals surface area contributed by atoms with Crippen molar-refractivity contribution in [3.8, 4) is 0 Å². The standard InChI is InChI=1S/C15H25BrN2O/c1-3-18(11(2)14-8-9-15(16)19-14)13-7-5-4-6-12(13)10-17/h8-9,11-13H,3-7,10,17H2,1-2H3. The van der Waals surface area contributed by atoms with Gasteiger partial charge in [0.05, 0.1) is 6.04 Å². The third-order valence-corrected chi connectivity index (χ3v) is 4.89. The van der Waals surface area contributed by atoms with Crippen molar-refractivity contribution in [1.29, 1.82) is 0 Å². The molecule has 19 heavy (non-hydrogen) atoms. The summed E-state index contributed by atoms with van der Waals surface area (Å²) in [5.41, 5.74) is 5.97. The van der Waals surface area contributed by atoms with E-state index >= 15 is 0 Å². The van der Waals surface area contributed by atoms with Gasteiger partial charge in [-0.2, -0.15) is 0 Å². The summed E-state index contributed by atoms with van der Waals surface area (Å²) in [5, 5.41) is 0. The molecule has 0 amide bonds. The zero-order chi connectivity index (χ0) is 13.8. The fourth-order valence-electron chi connectivity index (χ4n) is 3.41. The minimum absolute atomic E-state index is 0.313. The van der Waals surface area contributed by atoms with Crippen LogP contribution in [0.5, 0.6) is 0 Å². The molecule has 0 radical (unpaired) electrons. The normalized spacial score (nSPS) is 25.7. The quantitative estimate of drug-likeness (QED) is 0.890. The molecule has 0 bridgehead atoms. The molecule has 2 N–H and O–H groups in total. The minimum Gasteiger partial charge on any atom is -0.453 e. The minimum atomic E-state index is 0.313. The van der Waals surface area contributed by atoms with Gasteiger partial charge in [0.1, 0.15) is 5.76 Å². The second kappa shape index (κ2) is 6.91. The zero-order valence-corrected chi connectivity index (χ0v) is 13.5. The molecule has 0 saturated heterocycles. The molecule has 108 valence electrons. The molecule has 1 aliphatic rings. The first-order valence-corrected chi connectivity index (χ1v) is 8.17. The molecule has 4 heteroatoms. The van der Waals surface area contributed by atoms with E-state index in [1.807, 2.05) is 6.07 Å². The average molecular weight is 329 g/mol. The lowest BCUT2D eigenvalue weighted by Gasteiger charge is -2.41. The molecule has 1 fully saturated rings. The molecule has 3 unspecified atom stereocenters. The number of hydrogen-bond donors (Lipinski definition) is 1. The Balaban J connectivity index is 2.13. The van der Waals surface area contributed by atoms with E-state index in [1.165, 1.54) is 25.7 Å².